The quantitative estimate of drug-likeness (QED) is 0.0573. The van der Waals surface area contributed by atoms with Gasteiger partial charge in [0.15, 0.2) is 12.4 Å². The van der Waals surface area contributed by atoms with Crippen LogP contribution in [0.15, 0.2) is 114 Å². The van der Waals surface area contributed by atoms with E-state index in [1.54, 1.807) is 73.7 Å². The summed E-state index contributed by atoms with van der Waals surface area (Å²) in [6, 6.07) is 29.6. The van der Waals surface area contributed by atoms with Crippen molar-refractivity contribution in [2.24, 2.45) is 11.8 Å². The lowest BCUT2D eigenvalue weighted by atomic mass is 10.0. The van der Waals surface area contributed by atoms with E-state index in [9.17, 15) is 27.7 Å². The van der Waals surface area contributed by atoms with Gasteiger partial charge in [0.05, 0.1) is 42.8 Å². The number of aliphatic hydroxyl groups excluding tert-OH is 1. The van der Waals surface area contributed by atoms with Gasteiger partial charge in [0.25, 0.3) is 0 Å². The van der Waals surface area contributed by atoms with Gasteiger partial charge in [0.1, 0.15) is 30.0 Å². The zero-order valence-electron chi connectivity index (χ0n) is 36.4. The molecule has 0 spiro atoms. The maximum Gasteiger partial charge on any atom is 0.417 e. The molecular weight excluding hydrogens is 868 g/mol. The highest BCUT2D eigenvalue weighted by molar-refractivity contribution is 7.89. The first-order valence-electron chi connectivity index (χ1n) is 21.3. The summed E-state index contributed by atoms with van der Waals surface area (Å²) in [5.41, 5.74) is 1.59. The number of ether oxygens (including phenoxy) is 6. The molecule has 2 fully saturated rings. The molecule has 2 saturated heterocycles. The topological polar surface area (TPSA) is 195 Å². The average Bonchev–Trinajstić information content (AvgIpc) is 3.91. The van der Waals surface area contributed by atoms with Crippen molar-refractivity contribution in [3.05, 3.63) is 120 Å². The van der Waals surface area contributed by atoms with Gasteiger partial charge < -0.3 is 43.4 Å². The molecular formula is C46H57N2O14PS. The number of hydrogen-bond donors (Lipinski definition) is 2. The molecule has 7 atom stereocenters. The Labute approximate surface area is 374 Å². The molecule has 18 heteroatoms. The smallest absolute Gasteiger partial charge is 0.417 e. The molecule has 1 amide bonds. The average molecular weight is 925 g/mol. The minimum absolute atomic E-state index is 0.0148. The Morgan fingerprint density at radius 3 is 2.17 bits per heavy atom. The van der Waals surface area contributed by atoms with Crippen molar-refractivity contribution >= 4 is 29.7 Å². The summed E-state index contributed by atoms with van der Waals surface area (Å²) in [7, 11) is -8.24. The van der Waals surface area contributed by atoms with E-state index in [1.165, 1.54) is 23.4 Å². The lowest BCUT2D eigenvalue weighted by molar-refractivity contribution is -0.150. The highest BCUT2D eigenvalue weighted by atomic mass is 32.2. The van der Waals surface area contributed by atoms with Crippen LogP contribution >= 0.6 is 7.60 Å². The van der Waals surface area contributed by atoms with Crippen LogP contribution in [0, 0.1) is 11.8 Å². The molecule has 346 valence electrons. The molecule has 0 saturated carbocycles. The monoisotopic (exact) mass is 924 g/mol. The Hall–Kier alpha value is -5.00. The van der Waals surface area contributed by atoms with Gasteiger partial charge in [-0.15, -0.1) is 0 Å². The van der Waals surface area contributed by atoms with E-state index in [-0.39, 0.29) is 61.0 Å². The summed E-state index contributed by atoms with van der Waals surface area (Å²) < 4.78 is 88.6. The molecule has 0 aliphatic carbocycles. The predicted molar refractivity (Wildman–Crippen MR) is 235 cm³/mol. The molecule has 0 bridgehead atoms. The number of benzene rings is 4. The molecule has 2 aliphatic rings. The van der Waals surface area contributed by atoms with E-state index in [4.69, 9.17) is 37.5 Å². The fourth-order valence-electron chi connectivity index (χ4n) is 7.16. The van der Waals surface area contributed by atoms with Gasteiger partial charge in [0, 0.05) is 13.1 Å². The SMILES string of the molecule is CCOC(=O)[C@H](C)OP(=O)(COc1ccc(C[C@H](NC(=O)O[C@H]2CO[C@H]3OCC[C@H]32)[C@H](O)CN(CC(C)C)S(=O)(=O)c2ccc(OCc3ccccc3)cc2)cc1)Oc1ccccc1. The fraction of sp³-hybridized carbons (Fsp3) is 0.435. The molecule has 1 unspecified atom stereocenters. The molecule has 0 radical (unpaired) electrons. The standard InChI is InChI=1S/C46H57N2O14PS/c1-5-55-44(50)33(4)61-63(52,62-38-14-10-7-11-15-38)31-59-37-18-16-34(17-19-37)26-41(47-46(51)60-43-30-58-45-40(43)24-25-56-45)42(49)28-48(27-32(2)3)64(53,54)39-22-20-36(21-23-39)57-29-35-12-8-6-9-13-35/h6-23,32-33,40-43,45,49H,5,24-31H2,1-4H3,(H,47,51)/t33-,40-,41-,42+,43-,45+,63?/m0/s1. The van der Waals surface area contributed by atoms with E-state index in [2.05, 4.69) is 5.32 Å². The van der Waals surface area contributed by atoms with Crippen molar-refractivity contribution in [3.8, 4) is 17.2 Å². The maximum absolute atomic E-state index is 14.2. The Morgan fingerprint density at radius 1 is 0.844 bits per heavy atom. The molecule has 16 nitrogen and oxygen atoms in total. The molecule has 4 aromatic carbocycles. The van der Waals surface area contributed by atoms with E-state index < -0.39 is 66.7 Å². The van der Waals surface area contributed by atoms with Crippen LogP contribution in [0.2, 0.25) is 0 Å². The highest BCUT2D eigenvalue weighted by Gasteiger charge is 2.44. The third-order valence-corrected chi connectivity index (χ3v) is 13.8. The van der Waals surface area contributed by atoms with Crippen LogP contribution in [-0.4, -0.2) is 99.8 Å². The molecule has 64 heavy (non-hydrogen) atoms. The van der Waals surface area contributed by atoms with Crippen LogP contribution in [0.3, 0.4) is 0 Å². The van der Waals surface area contributed by atoms with E-state index in [1.807, 2.05) is 44.2 Å². The van der Waals surface area contributed by atoms with Crippen LogP contribution in [0.4, 0.5) is 4.79 Å². The molecule has 2 N–H and O–H groups in total. The number of carbonyl (C=O) groups is 2. The summed E-state index contributed by atoms with van der Waals surface area (Å²) >= 11 is 0. The third kappa shape index (κ3) is 13.8. The number of sulfonamides is 1. The minimum atomic E-state index is -4.14. The summed E-state index contributed by atoms with van der Waals surface area (Å²) in [4.78, 5) is 25.8. The lowest BCUT2D eigenvalue weighted by Crippen LogP contribution is -2.51. The largest absolute Gasteiger partial charge is 0.489 e. The Balaban J connectivity index is 1.16. The number of nitrogens with one attached hydrogen (secondary N) is 1. The Morgan fingerprint density at radius 2 is 1.50 bits per heavy atom. The first kappa shape index (κ1) is 48.5. The van der Waals surface area contributed by atoms with Gasteiger partial charge in [-0.2, -0.15) is 4.31 Å². The Kier molecular flexibility index (Phi) is 17.2. The summed E-state index contributed by atoms with van der Waals surface area (Å²) in [5.74, 6) is 0.0567. The first-order valence-corrected chi connectivity index (χ1v) is 24.4. The maximum atomic E-state index is 14.2. The van der Waals surface area contributed by atoms with Crippen LogP contribution in [0.25, 0.3) is 0 Å². The number of amides is 1. The van der Waals surface area contributed by atoms with E-state index in [0.717, 1.165) is 5.56 Å². The van der Waals surface area contributed by atoms with Crippen molar-refractivity contribution in [1.82, 2.24) is 9.62 Å². The summed E-state index contributed by atoms with van der Waals surface area (Å²) in [5, 5.41) is 14.7. The fourth-order valence-corrected chi connectivity index (χ4v) is 10.3. The number of esters is 1. The number of nitrogens with zero attached hydrogens (tertiary/aromatic N) is 1. The van der Waals surface area contributed by atoms with E-state index >= 15 is 0 Å². The number of fused-ring (bicyclic) bond motifs is 1. The van der Waals surface area contributed by atoms with Crippen molar-refractivity contribution in [3.63, 3.8) is 0 Å². The molecule has 2 heterocycles. The van der Waals surface area contributed by atoms with Crippen LogP contribution < -0.4 is 19.3 Å². The lowest BCUT2D eigenvalue weighted by Gasteiger charge is -2.31. The van der Waals surface area contributed by atoms with Gasteiger partial charge in [-0.1, -0.05) is 74.5 Å². The summed E-state index contributed by atoms with van der Waals surface area (Å²) in [6.45, 7) is 7.58. The number of para-hydroxylation sites is 1. The number of carbonyl (C=O) groups excluding carboxylic acids is 2. The third-order valence-electron chi connectivity index (χ3n) is 10.4. The highest BCUT2D eigenvalue weighted by Crippen LogP contribution is 2.49. The van der Waals surface area contributed by atoms with Gasteiger partial charge in [-0.3, -0.25) is 4.52 Å². The van der Waals surface area contributed by atoms with Crippen molar-refractivity contribution in [2.75, 3.05) is 39.3 Å². The molecule has 6 rings (SSSR count). The molecule has 4 aromatic rings. The number of rotatable bonds is 23. The second-order valence-electron chi connectivity index (χ2n) is 15.9. The van der Waals surface area contributed by atoms with E-state index in [0.29, 0.717) is 30.9 Å². The molecule has 2 aliphatic heterocycles. The van der Waals surface area contributed by atoms with Gasteiger partial charge in [-0.05, 0) is 92.3 Å². The minimum Gasteiger partial charge on any atom is -0.489 e. The number of aliphatic hydroxyl groups is 1. The molecule has 0 aromatic heterocycles. The first-order chi connectivity index (χ1) is 30.7. The van der Waals surface area contributed by atoms with Gasteiger partial charge in [-0.25, -0.2) is 22.6 Å². The predicted octanol–water partition coefficient (Wildman–Crippen LogP) is 6.95. The van der Waals surface area contributed by atoms with Gasteiger partial charge in [0.2, 0.25) is 16.4 Å². The van der Waals surface area contributed by atoms with Crippen molar-refractivity contribution in [2.45, 2.75) is 82.7 Å². The Bertz CT molecular complexity index is 2250. The van der Waals surface area contributed by atoms with Crippen LogP contribution in [0.5, 0.6) is 17.2 Å². The second-order valence-corrected chi connectivity index (χ2v) is 19.7. The number of hydrogen-bond acceptors (Lipinski definition) is 14. The zero-order chi connectivity index (χ0) is 45.7. The van der Waals surface area contributed by atoms with Crippen molar-refractivity contribution < 1.29 is 65.1 Å². The van der Waals surface area contributed by atoms with Crippen LogP contribution in [-0.2, 0) is 55.9 Å². The summed E-state index contributed by atoms with van der Waals surface area (Å²) in [6.07, 6.45) is -4.29. The zero-order valence-corrected chi connectivity index (χ0v) is 38.1. The second kappa shape index (κ2) is 22.8. The van der Waals surface area contributed by atoms with Crippen LogP contribution in [0.1, 0.15) is 45.2 Å². The number of alkyl carbamates (subject to hydrolysis) is 1. The normalized spacial score (nSPS) is 19.5. The van der Waals surface area contributed by atoms with Gasteiger partial charge >= 0.3 is 19.7 Å². The van der Waals surface area contributed by atoms with Crippen molar-refractivity contribution in [1.29, 1.82) is 0 Å².